The Morgan fingerprint density at radius 1 is 1.19 bits per heavy atom. The van der Waals surface area contributed by atoms with Crippen LogP contribution in [-0.4, -0.2) is 55.5 Å². The fourth-order valence-corrected chi connectivity index (χ4v) is 3.22. The predicted molar refractivity (Wildman–Crippen MR) is 125 cm³/mol. The van der Waals surface area contributed by atoms with E-state index in [-0.39, 0.29) is 11.9 Å². The molecule has 2 aromatic carbocycles. The Labute approximate surface area is 187 Å². The van der Waals surface area contributed by atoms with E-state index in [1.54, 1.807) is 0 Å². The van der Waals surface area contributed by atoms with E-state index in [4.69, 9.17) is 20.6 Å². The molecule has 2 aromatic rings. The van der Waals surface area contributed by atoms with Crippen molar-refractivity contribution in [3.63, 3.8) is 0 Å². The number of nitrogens with one attached hydrogen (secondary N) is 3. The van der Waals surface area contributed by atoms with Crippen LogP contribution < -0.4 is 16.4 Å². The van der Waals surface area contributed by atoms with Gasteiger partial charge in [0, 0.05) is 17.7 Å². The van der Waals surface area contributed by atoms with Gasteiger partial charge in [0.1, 0.15) is 6.04 Å². The third kappa shape index (κ3) is 5.57. The van der Waals surface area contributed by atoms with Crippen LogP contribution in [0.15, 0.2) is 64.6 Å². The number of hydrogen-bond acceptors (Lipinski definition) is 7. The molecule has 2 aliphatic heterocycles. The van der Waals surface area contributed by atoms with E-state index < -0.39 is 18.1 Å². The Morgan fingerprint density at radius 3 is 2.62 bits per heavy atom. The molecule has 9 heteroatoms. The second-order valence-corrected chi connectivity index (χ2v) is 6.77. The van der Waals surface area contributed by atoms with Crippen molar-refractivity contribution in [2.75, 3.05) is 25.1 Å². The quantitative estimate of drug-likeness (QED) is 0.432. The van der Waals surface area contributed by atoms with Gasteiger partial charge >= 0.3 is 0 Å². The van der Waals surface area contributed by atoms with Crippen molar-refractivity contribution < 1.29 is 14.3 Å². The number of nitrogens with zero attached hydrogens (tertiary/aromatic N) is 2. The van der Waals surface area contributed by atoms with Gasteiger partial charge in [0.2, 0.25) is 12.1 Å². The van der Waals surface area contributed by atoms with Gasteiger partial charge in [-0.15, -0.1) is 0 Å². The highest BCUT2D eigenvalue weighted by atomic mass is 16.5. The van der Waals surface area contributed by atoms with E-state index >= 15 is 0 Å². The van der Waals surface area contributed by atoms with Crippen LogP contribution in [0.4, 0.5) is 5.69 Å². The summed E-state index contributed by atoms with van der Waals surface area (Å²) in [5.74, 6) is -0.564. The lowest BCUT2D eigenvalue weighted by Gasteiger charge is -2.23. The summed E-state index contributed by atoms with van der Waals surface area (Å²) in [4.78, 5) is 21.5. The van der Waals surface area contributed by atoms with Crippen molar-refractivity contribution in [1.29, 1.82) is 5.41 Å². The first-order valence-corrected chi connectivity index (χ1v) is 10.6. The van der Waals surface area contributed by atoms with Gasteiger partial charge in [0.15, 0.2) is 0 Å². The molecule has 2 atom stereocenters. The summed E-state index contributed by atoms with van der Waals surface area (Å²) < 4.78 is 10.6. The van der Waals surface area contributed by atoms with Crippen LogP contribution in [0, 0.1) is 5.41 Å². The first-order chi connectivity index (χ1) is 15.6. The molecule has 2 aliphatic rings. The fraction of sp³-hybridized carbons (Fsp3) is 0.304. The Balaban J connectivity index is 0.00000141. The summed E-state index contributed by atoms with van der Waals surface area (Å²) in [6.07, 6.45) is -1.16. The third-order valence-corrected chi connectivity index (χ3v) is 4.68. The summed E-state index contributed by atoms with van der Waals surface area (Å²) in [7, 11) is 0. The van der Waals surface area contributed by atoms with Crippen molar-refractivity contribution in [2.45, 2.75) is 26.1 Å². The molecule has 0 bridgehead atoms. The summed E-state index contributed by atoms with van der Waals surface area (Å²) in [6, 6.07) is 16.2. The number of aliphatic imine (C=N–C) groups is 2. The number of benzene rings is 2. The number of nitrogens with two attached hydrogens (primary N) is 1. The second kappa shape index (κ2) is 11.2. The van der Waals surface area contributed by atoms with E-state index in [2.05, 4.69) is 20.6 Å². The molecule has 0 radical (unpaired) electrons. The van der Waals surface area contributed by atoms with Gasteiger partial charge in [0.05, 0.1) is 24.6 Å². The van der Waals surface area contributed by atoms with Crippen LogP contribution >= 0.6 is 0 Å². The zero-order valence-electron chi connectivity index (χ0n) is 18.2. The van der Waals surface area contributed by atoms with Gasteiger partial charge in [0.25, 0.3) is 11.9 Å². The first-order valence-electron chi connectivity index (χ1n) is 10.6. The number of anilines is 1. The topological polar surface area (TPSA) is 134 Å². The van der Waals surface area contributed by atoms with E-state index in [0.29, 0.717) is 31.2 Å². The van der Waals surface area contributed by atoms with Gasteiger partial charge in [-0.05, 0) is 6.07 Å². The zero-order chi connectivity index (χ0) is 22.9. The standard InChI is InChI=1S/C21H22N6O3.C2H6/c22-18(16-12-29-11-10-24-16)30-21(23)27-19-20(28)25-15-9-5-4-8-14(15)17(26-19)13-6-2-1-3-7-13;1-2/h1-9,16,19,22,24H,10-12H2,(H2,23,27)(H,25,28);1-2H3. The maximum absolute atomic E-state index is 12.8. The third-order valence-electron chi connectivity index (χ3n) is 4.68. The Bertz CT molecular complexity index is 1000. The number of hydrogen-bond donors (Lipinski definition) is 4. The number of fused-ring (bicyclic) bond motifs is 1. The largest absolute Gasteiger partial charge is 0.410 e. The maximum atomic E-state index is 12.8. The van der Waals surface area contributed by atoms with Crippen LogP contribution in [0.1, 0.15) is 25.0 Å². The number of carbonyl (C=O) groups is 1. The van der Waals surface area contributed by atoms with E-state index in [0.717, 1.165) is 11.1 Å². The average Bonchev–Trinajstić information content (AvgIpc) is 2.97. The average molecular weight is 437 g/mol. The molecule has 1 fully saturated rings. The van der Waals surface area contributed by atoms with Crippen LogP contribution in [0.3, 0.4) is 0 Å². The number of para-hydroxylation sites is 1. The highest BCUT2D eigenvalue weighted by Gasteiger charge is 2.26. The number of rotatable bonds is 3. The molecular weight excluding hydrogens is 408 g/mol. The summed E-state index contributed by atoms with van der Waals surface area (Å²) in [6.45, 7) is 5.50. The molecule has 2 unspecified atom stereocenters. The van der Waals surface area contributed by atoms with Crippen molar-refractivity contribution in [3.8, 4) is 0 Å². The molecule has 5 N–H and O–H groups in total. The van der Waals surface area contributed by atoms with Gasteiger partial charge in [-0.1, -0.05) is 62.4 Å². The Morgan fingerprint density at radius 2 is 1.91 bits per heavy atom. The highest BCUT2D eigenvalue weighted by molar-refractivity contribution is 6.19. The molecule has 32 heavy (non-hydrogen) atoms. The Kier molecular flexibility index (Phi) is 8.07. The molecule has 2 heterocycles. The molecular formula is C23H28N6O3. The number of amidine groups is 1. The van der Waals surface area contributed by atoms with Gasteiger partial charge < -0.3 is 25.8 Å². The minimum absolute atomic E-state index is 0.125. The summed E-state index contributed by atoms with van der Waals surface area (Å²) in [5, 5.41) is 14.0. The normalized spacial score (nSPS) is 20.5. The maximum Gasteiger partial charge on any atom is 0.291 e. The number of amides is 1. The highest BCUT2D eigenvalue weighted by Crippen LogP contribution is 2.24. The van der Waals surface area contributed by atoms with E-state index in [1.165, 1.54) is 0 Å². The molecule has 1 saturated heterocycles. The number of benzodiazepines with no additional fused rings is 1. The molecule has 0 aliphatic carbocycles. The van der Waals surface area contributed by atoms with Crippen molar-refractivity contribution in [2.24, 2.45) is 15.7 Å². The molecule has 9 nitrogen and oxygen atoms in total. The van der Waals surface area contributed by atoms with Gasteiger partial charge in [-0.3, -0.25) is 10.2 Å². The minimum Gasteiger partial charge on any atom is -0.410 e. The first kappa shape index (κ1) is 23.1. The lowest BCUT2D eigenvalue weighted by molar-refractivity contribution is -0.117. The summed E-state index contributed by atoms with van der Waals surface area (Å²) in [5.41, 5.74) is 8.76. The van der Waals surface area contributed by atoms with Gasteiger partial charge in [-0.2, -0.15) is 4.99 Å². The lowest BCUT2D eigenvalue weighted by atomic mass is 10.0. The van der Waals surface area contributed by atoms with E-state index in [9.17, 15) is 4.79 Å². The number of ether oxygens (including phenoxy) is 2. The summed E-state index contributed by atoms with van der Waals surface area (Å²) >= 11 is 0. The van der Waals surface area contributed by atoms with Crippen molar-refractivity contribution >= 4 is 29.2 Å². The van der Waals surface area contributed by atoms with Crippen molar-refractivity contribution in [3.05, 3.63) is 65.7 Å². The number of carbonyl (C=O) groups excluding carboxylic acids is 1. The zero-order valence-corrected chi connectivity index (χ0v) is 18.2. The van der Waals surface area contributed by atoms with Crippen molar-refractivity contribution in [1.82, 2.24) is 5.32 Å². The molecule has 168 valence electrons. The smallest absolute Gasteiger partial charge is 0.291 e. The second-order valence-electron chi connectivity index (χ2n) is 6.77. The lowest BCUT2D eigenvalue weighted by Crippen LogP contribution is -2.48. The van der Waals surface area contributed by atoms with Gasteiger partial charge in [-0.25, -0.2) is 4.99 Å². The monoisotopic (exact) mass is 436 g/mol. The van der Waals surface area contributed by atoms with Crippen LogP contribution in [0.2, 0.25) is 0 Å². The molecule has 0 spiro atoms. The molecule has 1 amide bonds. The van der Waals surface area contributed by atoms with Crippen LogP contribution in [-0.2, 0) is 14.3 Å². The molecule has 4 rings (SSSR count). The predicted octanol–water partition coefficient (Wildman–Crippen LogP) is 2.13. The van der Waals surface area contributed by atoms with Crippen LogP contribution in [0.5, 0.6) is 0 Å². The van der Waals surface area contributed by atoms with E-state index in [1.807, 2.05) is 68.4 Å². The SMILES string of the molecule is CC.N=C(O/C(N)=N/C1N=C(c2ccccc2)c2ccccc2NC1=O)C1COCCN1. The Hall–Kier alpha value is -3.56. The molecule has 0 saturated carbocycles. The van der Waals surface area contributed by atoms with Crippen LogP contribution in [0.25, 0.3) is 0 Å². The number of morpholine rings is 1. The molecule has 0 aromatic heterocycles. The fourth-order valence-electron chi connectivity index (χ4n) is 3.22. The minimum atomic E-state index is -1.16.